The van der Waals surface area contributed by atoms with Crippen LogP contribution < -0.4 is 11.1 Å². The Kier molecular flexibility index (Phi) is 2.77. The molecule has 0 spiro atoms. The predicted octanol–water partition coefficient (Wildman–Crippen LogP) is 1.09. The van der Waals surface area contributed by atoms with Gasteiger partial charge < -0.3 is 16.0 Å². The standard InChI is InChI=1S/C11H18N4/c1-8-3-4-10(12)11(13-8)14-9-5-6-15(2)7-9/h3-4,9H,5-7,12H2,1-2H3,(H,13,14). The Balaban J connectivity index is 2.07. The minimum atomic E-state index is 0.478. The van der Waals surface area contributed by atoms with Crippen molar-refractivity contribution in [1.29, 1.82) is 0 Å². The van der Waals surface area contributed by atoms with Crippen LogP contribution in [-0.2, 0) is 0 Å². The maximum Gasteiger partial charge on any atom is 0.149 e. The van der Waals surface area contributed by atoms with Gasteiger partial charge in [0.2, 0.25) is 0 Å². The van der Waals surface area contributed by atoms with Gasteiger partial charge in [0, 0.05) is 18.3 Å². The van der Waals surface area contributed by atoms with Gasteiger partial charge in [-0.05, 0) is 39.1 Å². The lowest BCUT2D eigenvalue weighted by Gasteiger charge is -2.15. The zero-order valence-corrected chi connectivity index (χ0v) is 9.33. The maximum atomic E-state index is 5.86. The first-order valence-electron chi connectivity index (χ1n) is 5.33. The molecule has 4 nitrogen and oxygen atoms in total. The van der Waals surface area contributed by atoms with Gasteiger partial charge in [-0.2, -0.15) is 0 Å². The topological polar surface area (TPSA) is 54.2 Å². The number of pyridine rings is 1. The molecule has 0 saturated carbocycles. The van der Waals surface area contributed by atoms with E-state index in [9.17, 15) is 0 Å². The van der Waals surface area contributed by atoms with Crippen molar-refractivity contribution in [2.75, 3.05) is 31.2 Å². The number of likely N-dealkylation sites (tertiary alicyclic amines) is 1. The number of aromatic nitrogens is 1. The molecule has 2 heterocycles. The molecule has 0 bridgehead atoms. The molecular weight excluding hydrogens is 188 g/mol. The van der Waals surface area contributed by atoms with E-state index in [4.69, 9.17) is 5.73 Å². The first-order valence-corrected chi connectivity index (χ1v) is 5.33. The van der Waals surface area contributed by atoms with Gasteiger partial charge in [-0.3, -0.25) is 0 Å². The number of hydrogen-bond donors (Lipinski definition) is 2. The van der Waals surface area contributed by atoms with Crippen molar-refractivity contribution in [3.63, 3.8) is 0 Å². The van der Waals surface area contributed by atoms with E-state index in [1.807, 2.05) is 19.1 Å². The third kappa shape index (κ3) is 2.39. The highest BCUT2D eigenvalue weighted by Crippen LogP contribution is 2.19. The van der Waals surface area contributed by atoms with Crippen molar-refractivity contribution < 1.29 is 0 Å². The highest BCUT2D eigenvalue weighted by Gasteiger charge is 2.19. The molecule has 15 heavy (non-hydrogen) atoms. The number of nitrogens with two attached hydrogens (primary N) is 1. The highest BCUT2D eigenvalue weighted by atomic mass is 15.2. The summed E-state index contributed by atoms with van der Waals surface area (Å²) in [5, 5.41) is 3.40. The number of anilines is 2. The van der Waals surface area contributed by atoms with Crippen molar-refractivity contribution >= 4 is 11.5 Å². The molecule has 0 aliphatic carbocycles. The van der Waals surface area contributed by atoms with Gasteiger partial charge >= 0.3 is 0 Å². The Morgan fingerprint density at radius 3 is 3.00 bits per heavy atom. The molecule has 4 heteroatoms. The molecule has 1 aliphatic rings. The lowest BCUT2D eigenvalue weighted by atomic mass is 10.2. The van der Waals surface area contributed by atoms with E-state index in [0.29, 0.717) is 6.04 Å². The number of nitrogens with zero attached hydrogens (tertiary/aromatic N) is 2. The molecule has 3 N–H and O–H groups in total. The largest absolute Gasteiger partial charge is 0.396 e. The van der Waals surface area contributed by atoms with E-state index in [-0.39, 0.29) is 0 Å². The zero-order valence-electron chi connectivity index (χ0n) is 9.33. The normalized spacial score (nSPS) is 21.9. The van der Waals surface area contributed by atoms with Gasteiger partial charge in [0.1, 0.15) is 5.82 Å². The van der Waals surface area contributed by atoms with Crippen LogP contribution >= 0.6 is 0 Å². The molecule has 0 aromatic carbocycles. The quantitative estimate of drug-likeness (QED) is 0.760. The SMILES string of the molecule is Cc1ccc(N)c(NC2CCN(C)C2)n1. The summed E-state index contributed by atoms with van der Waals surface area (Å²) >= 11 is 0. The molecule has 1 fully saturated rings. The van der Waals surface area contributed by atoms with E-state index in [0.717, 1.165) is 36.7 Å². The molecular formula is C11H18N4. The number of hydrogen-bond acceptors (Lipinski definition) is 4. The van der Waals surface area contributed by atoms with Crippen molar-refractivity contribution in [3.8, 4) is 0 Å². The van der Waals surface area contributed by atoms with Crippen LogP contribution in [-0.4, -0.2) is 36.1 Å². The molecule has 1 aromatic heterocycles. The first kappa shape index (κ1) is 10.2. The Morgan fingerprint density at radius 2 is 2.33 bits per heavy atom. The average Bonchev–Trinajstić information content (AvgIpc) is 2.58. The molecule has 82 valence electrons. The summed E-state index contributed by atoms with van der Waals surface area (Å²) in [7, 11) is 2.13. The molecule has 0 amide bonds. The van der Waals surface area contributed by atoms with Gasteiger partial charge in [-0.25, -0.2) is 4.98 Å². The van der Waals surface area contributed by atoms with Crippen LogP contribution in [0.25, 0.3) is 0 Å². The average molecular weight is 206 g/mol. The number of likely N-dealkylation sites (N-methyl/N-ethyl adjacent to an activating group) is 1. The molecule has 1 aliphatic heterocycles. The second-order valence-corrected chi connectivity index (χ2v) is 4.28. The minimum absolute atomic E-state index is 0.478. The lowest BCUT2D eigenvalue weighted by molar-refractivity contribution is 0.414. The van der Waals surface area contributed by atoms with Crippen molar-refractivity contribution in [2.24, 2.45) is 0 Å². The number of rotatable bonds is 2. The van der Waals surface area contributed by atoms with E-state index < -0.39 is 0 Å². The zero-order chi connectivity index (χ0) is 10.8. The summed E-state index contributed by atoms with van der Waals surface area (Å²) in [6.45, 7) is 4.18. The van der Waals surface area contributed by atoms with Crippen molar-refractivity contribution in [2.45, 2.75) is 19.4 Å². The van der Waals surface area contributed by atoms with Crippen molar-refractivity contribution in [3.05, 3.63) is 17.8 Å². The van der Waals surface area contributed by atoms with Gasteiger partial charge in [-0.1, -0.05) is 0 Å². The van der Waals surface area contributed by atoms with Crippen LogP contribution in [0.2, 0.25) is 0 Å². The smallest absolute Gasteiger partial charge is 0.149 e. The fourth-order valence-electron chi connectivity index (χ4n) is 1.93. The Hall–Kier alpha value is -1.29. The Morgan fingerprint density at radius 1 is 1.53 bits per heavy atom. The fraction of sp³-hybridized carbons (Fsp3) is 0.545. The summed E-state index contributed by atoms with van der Waals surface area (Å²) in [4.78, 5) is 6.72. The van der Waals surface area contributed by atoms with Gasteiger partial charge in [-0.15, -0.1) is 0 Å². The summed E-state index contributed by atoms with van der Waals surface area (Å²) in [6, 6.07) is 4.32. The number of nitrogens with one attached hydrogen (secondary N) is 1. The number of nitrogen functional groups attached to an aromatic ring is 1. The highest BCUT2D eigenvalue weighted by molar-refractivity contribution is 5.61. The van der Waals surface area contributed by atoms with Crippen LogP contribution in [0.4, 0.5) is 11.5 Å². The molecule has 1 atom stereocenters. The van der Waals surface area contributed by atoms with Crippen LogP contribution in [0.3, 0.4) is 0 Å². The Labute approximate surface area is 90.5 Å². The minimum Gasteiger partial charge on any atom is -0.396 e. The summed E-state index contributed by atoms with van der Waals surface area (Å²) < 4.78 is 0. The third-order valence-corrected chi connectivity index (χ3v) is 2.80. The molecule has 2 rings (SSSR count). The Bertz CT molecular complexity index is 350. The lowest BCUT2D eigenvalue weighted by Crippen LogP contribution is -2.24. The van der Waals surface area contributed by atoms with Crippen molar-refractivity contribution in [1.82, 2.24) is 9.88 Å². The monoisotopic (exact) mass is 206 g/mol. The summed E-state index contributed by atoms with van der Waals surface area (Å²) in [6.07, 6.45) is 1.16. The van der Waals surface area contributed by atoms with E-state index in [1.165, 1.54) is 0 Å². The molecule has 0 radical (unpaired) electrons. The van der Waals surface area contributed by atoms with E-state index in [2.05, 4.69) is 22.2 Å². The van der Waals surface area contributed by atoms with Gasteiger partial charge in [0.15, 0.2) is 0 Å². The second-order valence-electron chi connectivity index (χ2n) is 4.28. The summed E-state index contributed by atoms with van der Waals surface area (Å²) in [5.74, 6) is 0.829. The van der Waals surface area contributed by atoms with Gasteiger partial charge in [0.25, 0.3) is 0 Å². The fourth-order valence-corrected chi connectivity index (χ4v) is 1.93. The second kappa shape index (κ2) is 4.06. The first-order chi connectivity index (χ1) is 7.15. The van der Waals surface area contributed by atoms with Crippen LogP contribution in [0.5, 0.6) is 0 Å². The van der Waals surface area contributed by atoms with E-state index >= 15 is 0 Å². The van der Waals surface area contributed by atoms with Crippen LogP contribution in [0.15, 0.2) is 12.1 Å². The molecule has 1 unspecified atom stereocenters. The third-order valence-electron chi connectivity index (χ3n) is 2.80. The number of aryl methyl sites for hydroxylation is 1. The van der Waals surface area contributed by atoms with E-state index in [1.54, 1.807) is 0 Å². The molecule has 1 aromatic rings. The molecule has 1 saturated heterocycles. The summed E-state index contributed by atoms with van der Waals surface area (Å²) in [5.41, 5.74) is 7.59. The predicted molar refractivity (Wildman–Crippen MR) is 62.9 cm³/mol. The van der Waals surface area contributed by atoms with Crippen LogP contribution in [0, 0.1) is 6.92 Å². The maximum absolute atomic E-state index is 5.86. The van der Waals surface area contributed by atoms with Crippen LogP contribution in [0.1, 0.15) is 12.1 Å². The van der Waals surface area contributed by atoms with Gasteiger partial charge in [0.05, 0.1) is 5.69 Å².